The molecule has 1 fully saturated rings. The molecule has 0 radical (unpaired) electrons. The van der Waals surface area contributed by atoms with Gasteiger partial charge in [0.15, 0.2) is 12.4 Å². The Labute approximate surface area is 452 Å². The fourth-order valence-corrected chi connectivity index (χ4v) is 9.28. The van der Waals surface area contributed by atoms with Crippen LogP contribution < -0.4 is 5.32 Å². The van der Waals surface area contributed by atoms with E-state index in [1.807, 2.05) is 6.08 Å². The molecule has 0 bridgehead atoms. The number of rotatable bonds is 51. The van der Waals surface area contributed by atoms with Crippen molar-refractivity contribution in [2.75, 3.05) is 13.2 Å². The largest absolute Gasteiger partial charge is 0.454 e. The summed E-state index contributed by atoms with van der Waals surface area (Å²) in [5.74, 6) is -1.22. The van der Waals surface area contributed by atoms with Gasteiger partial charge < -0.3 is 45.1 Å². The first kappa shape index (κ1) is 69.4. The number of ether oxygens (including phenoxy) is 3. The van der Waals surface area contributed by atoms with Gasteiger partial charge in [-0.05, 0) is 70.6 Å². The van der Waals surface area contributed by atoms with Crippen LogP contribution in [0, 0.1) is 0 Å². The first-order chi connectivity index (χ1) is 36.2. The van der Waals surface area contributed by atoms with Crippen molar-refractivity contribution in [1.82, 2.24) is 5.32 Å². The summed E-state index contributed by atoms with van der Waals surface area (Å²) in [5.41, 5.74) is 0. The molecule has 6 N–H and O–H groups in total. The lowest BCUT2D eigenvalue weighted by molar-refractivity contribution is -0.305. The minimum absolute atomic E-state index is 0.0859. The van der Waals surface area contributed by atoms with Gasteiger partial charge in [0.2, 0.25) is 5.91 Å². The highest BCUT2D eigenvalue weighted by Gasteiger charge is 2.47. The second-order valence-corrected chi connectivity index (χ2v) is 21.1. The summed E-state index contributed by atoms with van der Waals surface area (Å²) in [6, 6.07) is -1.03. The van der Waals surface area contributed by atoms with E-state index in [0.717, 1.165) is 77.0 Å². The number of aliphatic hydroxyl groups is 5. The van der Waals surface area contributed by atoms with E-state index in [-0.39, 0.29) is 13.0 Å². The normalized spacial score (nSPS) is 19.7. The first-order valence-corrected chi connectivity index (χ1v) is 30.6. The lowest BCUT2D eigenvalue weighted by Gasteiger charge is -2.41. The summed E-state index contributed by atoms with van der Waals surface area (Å²) < 4.78 is 17.6. The monoisotopic (exact) mass is 1040 g/mol. The van der Waals surface area contributed by atoms with Crippen molar-refractivity contribution >= 4 is 11.9 Å². The molecule has 1 amide bonds. The zero-order valence-corrected chi connectivity index (χ0v) is 47.5. The molecule has 1 aliphatic rings. The molecule has 74 heavy (non-hydrogen) atoms. The summed E-state index contributed by atoms with van der Waals surface area (Å²) in [6.45, 7) is 5.75. The van der Waals surface area contributed by atoms with Gasteiger partial charge in [0.05, 0.1) is 25.4 Å². The molecule has 0 aromatic carbocycles. The third-order valence-electron chi connectivity index (χ3n) is 14.2. The Kier molecular flexibility index (Phi) is 47.9. The Morgan fingerprint density at radius 2 is 0.932 bits per heavy atom. The van der Waals surface area contributed by atoms with Crippen molar-refractivity contribution in [3.63, 3.8) is 0 Å². The van der Waals surface area contributed by atoms with Crippen LogP contribution in [0.25, 0.3) is 0 Å². The predicted molar refractivity (Wildman–Crippen MR) is 306 cm³/mol. The van der Waals surface area contributed by atoms with Crippen LogP contribution >= 0.6 is 0 Å². The van der Waals surface area contributed by atoms with Gasteiger partial charge in [-0.15, -0.1) is 0 Å². The first-order valence-electron chi connectivity index (χ1n) is 30.6. The predicted octanol–water partition coefficient (Wildman–Crippen LogP) is 14.2. The second kappa shape index (κ2) is 51.1. The van der Waals surface area contributed by atoms with Crippen molar-refractivity contribution in [3.05, 3.63) is 60.8 Å². The van der Waals surface area contributed by atoms with Gasteiger partial charge in [0.1, 0.15) is 24.4 Å². The van der Waals surface area contributed by atoms with Crippen LogP contribution in [0.1, 0.15) is 265 Å². The standard InChI is InChI=1S/C63H113NO10/c1-4-7-10-13-16-19-22-25-26-27-28-29-30-33-36-39-42-45-48-51-58(68)74-61-60(70)59(69)57(52-65)73-63(61)72-53-54(55(66)49-46-43-40-37-34-31-23-20-17-14-11-8-5-2)64-62(71)56(67)50-47-44-41-38-35-32-24-21-18-15-12-9-6-3/h16,19,25-26,28-29,33,36,46,49,54-57,59-61,63,65-67,69-70H,4-15,17-18,20-24,27,30-32,34-35,37-45,47-48,50-53H2,1-3H3,(H,64,71)/b19-16-,26-25-,29-28-,36-33-,49-46+. The van der Waals surface area contributed by atoms with Gasteiger partial charge in [-0.25, -0.2) is 0 Å². The minimum Gasteiger partial charge on any atom is -0.454 e. The number of carbonyl (C=O) groups excluding carboxylic acids is 2. The zero-order valence-electron chi connectivity index (χ0n) is 47.5. The van der Waals surface area contributed by atoms with Crippen LogP contribution in [-0.2, 0) is 23.8 Å². The van der Waals surface area contributed by atoms with Crippen LogP contribution in [0.3, 0.4) is 0 Å². The number of unbranched alkanes of at least 4 members (excludes halogenated alkanes) is 29. The van der Waals surface area contributed by atoms with E-state index in [9.17, 15) is 35.1 Å². The molecule has 0 aromatic rings. The van der Waals surface area contributed by atoms with Crippen molar-refractivity contribution < 1.29 is 49.3 Å². The van der Waals surface area contributed by atoms with E-state index in [4.69, 9.17) is 14.2 Å². The Morgan fingerprint density at radius 1 is 0.527 bits per heavy atom. The van der Waals surface area contributed by atoms with E-state index in [1.54, 1.807) is 6.08 Å². The molecule has 1 rings (SSSR count). The van der Waals surface area contributed by atoms with Crippen LogP contribution in [0.15, 0.2) is 60.8 Å². The highest BCUT2D eigenvalue weighted by molar-refractivity contribution is 5.80. The average molecular weight is 1040 g/mol. The van der Waals surface area contributed by atoms with Gasteiger partial charge in [-0.3, -0.25) is 9.59 Å². The molecule has 0 aromatic heterocycles. The number of allylic oxidation sites excluding steroid dienone is 9. The third kappa shape index (κ3) is 38.8. The Bertz CT molecular complexity index is 1430. The fourth-order valence-electron chi connectivity index (χ4n) is 9.28. The summed E-state index contributed by atoms with van der Waals surface area (Å²) in [7, 11) is 0. The quantitative estimate of drug-likeness (QED) is 0.0195. The molecule has 1 saturated heterocycles. The van der Waals surface area contributed by atoms with Crippen molar-refractivity contribution in [2.24, 2.45) is 0 Å². The highest BCUT2D eigenvalue weighted by atomic mass is 16.7. The van der Waals surface area contributed by atoms with Crippen LogP contribution in [0.2, 0.25) is 0 Å². The molecule has 8 atom stereocenters. The molecule has 0 aliphatic carbocycles. The molecule has 0 saturated carbocycles. The third-order valence-corrected chi connectivity index (χ3v) is 14.2. The van der Waals surface area contributed by atoms with Gasteiger partial charge in [0, 0.05) is 6.42 Å². The SMILES string of the molecule is CCCCC/C=C\C/C=C\C/C=C\C/C=C\CCCCCC(=O)OC1C(OCC(NC(=O)C(O)CCCCCCCCCCCCCCC)C(O)/C=C/CCCCCCCCCCCCC)OC(CO)C(O)C1O. The average Bonchev–Trinajstić information content (AvgIpc) is 3.40. The molecular formula is C63H113NO10. The summed E-state index contributed by atoms with van der Waals surface area (Å²) in [6.07, 6.45) is 52.5. The van der Waals surface area contributed by atoms with E-state index in [2.05, 4.69) is 74.7 Å². The van der Waals surface area contributed by atoms with E-state index >= 15 is 0 Å². The van der Waals surface area contributed by atoms with E-state index < -0.39 is 67.4 Å². The molecule has 430 valence electrons. The molecule has 1 aliphatic heterocycles. The van der Waals surface area contributed by atoms with Crippen LogP contribution in [0.4, 0.5) is 0 Å². The Hall–Kier alpha value is -2.64. The highest BCUT2D eigenvalue weighted by Crippen LogP contribution is 2.26. The molecule has 11 heteroatoms. The van der Waals surface area contributed by atoms with Crippen molar-refractivity contribution in [2.45, 2.75) is 314 Å². The van der Waals surface area contributed by atoms with E-state index in [1.165, 1.54) is 141 Å². The number of amides is 1. The number of nitrogens with one attached hydrogen (secondary N) is 1. The van der Waals surface area contributed by atoms with Gasteiger partial charge >= 0.3 is 5.97 Å². The van der Waals surface area contributed by atoms with Crippen molar-refractivity contribution in [1.29, 1.82) is 0 Å². The zero-order chi connectivity index (χ0) is 54.0. The number of hydrogen-bond acceptors (Lipinski definition) is 10. The molecular weight excluding hydrogens is 931 g/mol. The Balaban J connectivity index is 2.72. The fraction of sp³-hybridized carbons (Fsp3) is 0.810. The molecule has 0 spiro atoms. The maximum atomic E-state index is 13.4. The smallest absolute Gasteiger partial charge is 0.306 e. The van der Waals surface area contributed by atoms with Crippen molar-refractivity contribution in [3.8, 4) is 0 Å². The van der Waals surface area contributed by atoms with Crippen LogP contribution in [0.5, 0.6) is 0 Å². The summed E-state index contributed by atoms with van der Waals surface area (Å²) in [4.78, 5) is 26.5. The van der Waals surface area contributed by atoms with Gasteiger partial charge in [0.25, 0.3) is 0 Å². The number of esters is 1. The topological polar surface area (TPSA) is 175 Å². The maximum absolute atomic E-state index is 13.4. The molecule has 8 unspecified atom stereocenters. The Morgan fingerprint density at radius 3 is 1.42 bits per heavy atom. The summed E-state index contributed by atoms with van der Waals surface area (Å²) >= 11 is 0. The molecule has 11 nitrogen and oxygen atoms in total. The van der Waals surface area contributed by atoms with Crippen LogP contribution in [-0.4, -0.2) is 99.6 Å². The maximum Gasteiger partial charge on any atom is 0.306 e. The lowest BCUT2D eigenvalue weighted by atomic mass is 9.99. The minimum atomic E-state index is -1.63. The van der Waals surface area contributed by atoms with Gasteiger partial charge in [-0.1, -0.05) is 248 Å². The number of carbonyl (C=O) groups is 2. The second-order valence-electron chi connectivity index (χ2n) is 21.1. The van der Waals surface area contributed by atoms with Gasteiger partial charge in [-0.2, -0.15) is 0 Å². The summed E-state index contributed by atoms with van der Waals surface area (Å²) in [5, 5.41) is 56.9. The lowest BCUT2D eigenvalue weighted by Crippen LogP contribution is -2.61. The number of aliphatic hydroxyl groups excluding tert-OH is 5. The number of hydrogen-bond donors (Lipinski definition) is 6. The molecule has 1 heterocycles. The van der Waals surface area contributed by atoms with E-state index in [0.29, 0.717) is 19.3 Å².